The van der Waals surface area contributed by atoms with Gasteiger partial charge in [-0.15, -0.1) is 0 Å². The molecule has 1 atom stereocenters. The zero-order chi connectivity index (χ0) is 9.19. The lowest BCUT2D eigenvalue weighted by atomic mass is 9.97. The lowest BCUT2D eigenvalue weighted by Gasteiger charge is -2.36. The molecule has 1 aliphatic heterocycles. The van der Waals surface area contributed by atoms with Crippen molar-refractivity contribution in [2.24, 2.45) is 5.73 Å². The van der Waals surface area contributed by atoms with Gasteiger partial charge in [0.2, 0.25) is 0 Å². The number of carbonyl (C=O) groups is 1. The van der Waals surface area contributed by atoms with E-state index in [4.69, 9.17) is 5.73 Å². The fourth-order valence-corrected chi connectivity index (χ4v) is 2.25. The van der Waals surface area contributed by atoms with Gasteiger partial charge in [-0.25, -0.2) is 0 Å². The minimum absolute atomic E-state index is 0.124. The molecule has 1 fully saturated rings. The Labute approximate surface area is 77.7 Å². The molecule has 1 rings (SSSR count). The SMILES string of the molecule is CCC(C)(CN)N1CCSC1=O. The van der Waals surface area contributed by atoms with Gasteiger partial charge in [0.25, 0.3) is 5.24 Å². The lowest BCUT2D eigenvalue weighted by molar-refractivity contribution is 0.155. The van der Waals surface area contributed by atoms with Crippen LogP contribution in [-0.2, 0) is 0 Å². The quantitative estimate of drug-likeness (QED) is 0.725. The molecule has 4 heteroatoms. The van der Waals surface area contributed by atoms with Crippen molar-refractivity contribution >= 4 is 17.0 Å². The van der Waals surface area contributed by atoms with Gasteiger partial charge in [-0.2, -0.15) is 0 Å². The summed E-state index contributed by atoms with van der Waals surface area (Å²) in [5.41, 5.74) is 5.53. The molecule has 0 aromatic heterocycles. The molecule has 0 aliphatic carbocycles. The Morgan fingerprint density at radius 2 is 2.42 bits per heavy atom. The molecule has 0 aromatic carbocycles. The third-order valence-electron chi connectivity index (χ3n) is 2.61. The minimum Gasteiger partial charge on any atom is -0.328 e. The first kappa shape index (κ1) is 9.86. The van der Waals surface area contributed by atoms with Crippen molar-refractivity contribution in [3.8, 4) is 0 Å². The van der Waals surface area contributed by atoms with Crippen molar-refractivity contribution in [1.29, 1.82) is 0 Å². The molecule has 1 aliphatic rings. The van der Waals surface area contributed by atoms with E-state index in [1.54, 1.807) is 0 Å². The topological polar surface area (TPSA) is 46.3 Å². The maximum absolute atomic E-state index is 11.4. The first-order valence-electron chi connectivity index (χ1n) is 4.28. The number of hydrogen-bond donors (Lipinski definition) is 1. The zero-order valence-corrected chi connectivity index (χ0v) is 8.49. The summed E-state index contributed by atoms with van der Waals surface area (Å²) >= 11 is 1.39. The van der Waals surface area contributed by atoms with Crippen LogP contribution < -0.4 is 5.73 Å². The molecule has 1 amide bonds. The largest absolute Gasteiger partial charge is 0.328 e. The minimum atomic E-state index is -0.124. The molecule has 1 heterocycles. The number of hydrogen-bond acceptors (Lipinski definition) is 3. The van der Waals surface area contributed by atoms with Gasteiger partial charge in [0.05, 0.1) is 5.54 Å². The number of nitrogens with two attached hydrogens (primary N) is 1. The molecule has 1 saturated heterocycles. The standard InChI is InChI=1S/C8H16N2OS/c1-3-8(2,6-9)10-4-5-12-7(10)11/h3-6,9H2,1-2H3. The molecule has 70 valence electrons. The molecule has 0 spiro atoms. The molecule has 0 bridgehead atoms. The van der Waals surface area contributed by atoms with Crippen LogP contribution in [0.5, 0.6) is 0 Å². The first-order chi connectivity index (χ1) is 5.64. The van der Waals surface area contributed by atoms with Gasteiger partial charge < -0.3 is 10.6 Å². The molecule has 2 N–H and O–H groups in total. The number of amides is 1. The van der Waals surface area contributed by atoms with Gasteiger partial charge in [-0.3, -0.25) is 4.79 Å². The van der Waals surface area contributed by atoms with Crippen LogP contribution in [0.2, 0.25) is 0 Å². The van der Waals surface area contributed by atoms with Gasteiger partial charge in [0, 0.05) is 18.8 Å². The second kappa shape index (κ2) is 3.66. The summed E-state index contributed by atoms with van der Waals surface area (Å²) in [7, 11) is 0. The van der Waals surface area contributed by atoms with Gasteiger partial charge >= 0.3 is 0 Å². The van der Waals surface area contributed by atoms with Crippen LogP contribution >= 0.6 is 11.8 Å². The Balaban J connectivity index is 2.71. The van der Waals surface area contributed by atoms with E-state index in [-0.39, 0.29) is 10.8 Å². The van der Waals surface area contributed by atoms with Crippen molar-refractivity contribution in [3.05, 3.63) is 0 Å². The van der Waals surface area contributed by atoms with Crippen LogP contribution in [-0.4, -0.2) is 34.5 Å². The highest BCUT2D eigenvalue weighted by atomic mass is 32.2. The maximum Gasteiger partial charge on any atom is 0.282 e. The maximum atomic E-state index is 11.4. The first-order valence-corrected chi connectivity index (χ1v) is 5.27. The van der Waals surface area contributed by atoms with E-state index in [0.29, 0.717) is 6.54 Å². The van der Waals surface area contributed by atoms with Crippen molar-refractivity contribution in [3.63, 3.8) is 0 Å². The van der Waals surface area contributed by atoms with Crippen molar-refractivity contribution < 1.29 is 4.79 Å². The van der Waals surface area contributed by atoms with E-state index >= 15 is 0 Å². The second-order valence-electron chi connectivity index (χ2n) is 3.32. The monoisotopic (exact) mass is 188 g/mol. The van der Waals surface area contributed by atoms with Gasteiger partial charge in [0.1, 0.15) is 0 Å². The summed E-state index contributed by atoms with van der Waals surface area (Å²) < 4.78 is 0. The summed E-state index contributed by atoms with van der Waals surface area (Å²) in [5, 5.41) is 0.185. The van der Waals surface area contributed by atoms with Crippen molar-refractivity contribution in [2.45, 2.75) is 25.8 Å². The van der Waals surface area contributed by atoms with Crippen LogP contribution in [0.3, 0.4) is 0 Å². The number of rotatable bonds is 3. The highest BCUT2D eigenvalue weighted by Gasteiger charge is 2.35. The third-order valence-corrected chi connectivity index (χ3v) is 3.47. The zero-order valence-electron chi connectivity index (χ0n) is 7.67. The highest BCUT2D eigenvalue weighted by Crippen LogP contribution is 2.27. The second-order valence-corrected chi connectivity index (χ2v) is 4.37. The molecule has 12 heavy (non-hydrogen) atoms. The Kier molecular flexibility index (Phi) is 3.01. The van der Waals surface area contributed by atoms with E-state index < -0.39 is 0 Å². The molecule has 1 unspecified atom stereocenters. The summed E-state index contributed by atoms with van der Waals surface area (Å²) in [4.78, 5) is 13.3. The molecule has 0 saturated carbocycles. The highest BCUT2D eigenvalue weighted by molar-refractivity contribution is 8.13. The fourth-order valence-electron chi connectivity index (χ4n) is 1.33. The van der Waals surface area contributed by atoms with E-state index in [9.17, 15) is 4.79 Å². The van der Waals surface area contributed by atoms with Crippen LogP contribution in [0.4, 0.5) is 4.79 Å². The Hall–Kier alpha value is -0.220. The smallest absolute Gasteiger partial charge is 0.282 e. The summed E-state index contributed by atoms with van der Waals surface area (Å²) in [6.45, 7) is 5.53. The number of carbonyl (C=O) groups excluding carboxylic acids is 1. The van der Waals surface area contributed by atoms with E-state index in [1.807, 2.05) is 4.90 Å². The molecular formula is C8H16N2OS. The van der Waals surface area contributed by atoms with Gasteiger partial charge in [0.15, 0.2) is 0 Å². The average molecular weight is 188 g/mol. The Bertz CT molecular complexity index is 180. The predicted octanol–water partition coefficient (Wildman–Crippen LogP) is 1.28. The van der Waals surface area contributed by atoms with Crippen LogP contribution in [0.25, 0.3) is 0 Å². The van der Waals surface area contributed by atoms with Crippen molar-refractivity contribution in [2.75, 3.05) is 18.8 Å². The van der Waals surface area contributed by atoms with Crippen molar-refractivity contribution in [1.82, 2.24) is 4.90 Å². The van der Waals surface area contributed by atoms with E-state index in [0.717, 1.165) is 18.7 Å². The molecule has 0 aromatic rings. The van der Waals surface area contributed by atoms with Crippen LogP contribution in [0.15, 0.2) is 0 Å². The fraction of sp³-hybridized carbons (Fsp3) is 0.875. The molecule has 0 radical (unpaired) electrons. The number of nitrogens with zero attached hydrogens (tertiary/aromatic N) is 1. The normalized spacial score (nSPS) is 22.9. The average Bonchev–Trinajstić information content (AvgIpc) is 2.51. The predicted molar refractivity (Wildman–Crippen MR) is 52.3 cm³/mol. The van der Waals surface area contributed by atoms with Gasteiger partial charge in [-0.05, 0) is 13.3 Å². The summed E-state index contributed by atoms with van der Waals surface area (Å²) in [6, 6.07) is 0. The Morgan fingerprint density at radius 3 is 2.75 bits per heavy atom. The molecule has 3 nitrogen and oxygen atoms in total. The third kappa shape index (κ3) is 1.59. The number of thioether (sulfide) groups is 1. The summed E-state index contributed by atoms with van der Waals surface area (Å²) in [6.07, 6.45) is 0.926. The molecular weight excluding hydrogens is 172 g/mol. The van der Waals surface area contributed by atoms with Crippen LogP contribution in [0.1, 0.15) is 20.3 Å². The summed E-state index contributed by atoms with van der Waals surface area (Å²) in [5.74, 6) is 0.911. The van der Waals surface area contributed by atoms with Gasteiger partial charge in [-0.1, -0.05) is 18.7 Å². The van der Waals surface area contributed by atoms with Crippen LogP contribution in [0, 0.1) is 0 Å². The van der Waals surface area contributed by atoms with E-state index in [1.165, 1.54) is 11.8 Å². The Morgan fingerprint density at radius 1 is 1.75 bits per heavy atom. The lowest BCUT2D eigenvalue weighted by Crippen LogP contribution is -2.51. The van der Waals surface area contributed by atoms with E-state index in [2.05, 4.69) is 13.8 Å².